The summed E-state index contributed by atoms with van der Waals surface area (Å²) in [5.41, 5.74) is -0.102. The third-order valence-corrected chi connectivity index (χ3v) is 4.06. The number of ether oxygens (including phenoxy) is 1. The van der Waals surface area contributed by atoms with Gasteiger partial charge < -0.3 is 10.1 Å². The van der Waals surface area contributed by atoms with Gasteiger partial charge in [0.2, 0.25) is 5.91 Å². The average Bonchev–Trinajstić information content (AvgIpc) is 2.43. The quantitative estimate of drug-likeness (QED) is 0.614. The van der Waals surface area contributed by atoms with Crippen molar-refractivity contribution in [2.24, 2.45) is 5.92 Å². The summed E-state index contributed by atoms with van der Waals surface area (Å²) in [5, 5.41) is 3.56. The average molecular weight is 283 g/mol. The van der Waals surface area contributed by atoms with Crippen LogP contribution in [-0.4, -0.2) is 41.5 Å². The molecular weight excluding hydrogens is 266 g/mol. The molecule has 0 aromatic carbocycles. The first-order chi connectivity index (χ1) is 9.22. The van der Waals surface area contributed by atoms with Crippen LogP contribution in [0.2, 0.25) is 0 Å². The molecule has 0 bridgehead atoms. The van der Waals surface area contributed by atoms with Gasteiger partial charge in [0.05, 0.1) is 5.92 Å². The van der Waals surface area contributed by atoms with E-state index in [1.165, 1.54) is 24.0 Å². The zero-order valence-corrected chi connectivity index (χ0v) is 11.6. The number of methoxy groups -OCH3 is 1. The van der Waals surface area contributed by atoms with Gasteiger partial charge in [-0.05, 0) is 6.42 Å². The van der Waals surface area contributed by atoms with Crippen molar-refractivity contribution in [3.8, 4) is 0 Å². The highest BCUT2D eigenvalue weighted by molar-refractivity contribution is 7.99. The predicted octanol–water partition coefficient (Wildman–Crippen LogP) is 0.118. The van der Waals surface area contributed by atoms with Gasteiger partial charge in [0.25, 0.3) is 5.56 Å². The van der Waals surface area contributed by atoms with Crippen LogP contribution >= 0.6 is 11.8 Å². The van der Waals surface area contributed by atoms with Gasteiger partial charge in [-0.1, -0.05) is 11.8 Å². The van der Waals surface area contributed by atoms with Crippen molar-refractivity contribution in [3.05, 3.63) is 22.6 Å². The van der Waals surface area contributed by atoms with Gasteiger partial charge in [-0.3, -0.25) is 14.2 Å². The molecule has 1 aromatic rings. The number of nitrogens with zero attached hydrogens (tertiary/aromatic N) is 2. The second kappa shape index (κ2) is 6.72. The topological polar surface area (TPSA) is 73.2 Å². The fourth-order valence-electron chi connectivity index (χ4n) is 1.88. The molecule has 0 fully saturated rings. The van der Waals surface area contributed by atoms with Crippen LogP contribution in [0.1, 0.15) is 6.42 Å². The van der Waals surface area contributed by atoms with E-state index in [0.717, 1.165) is 6.42 Å². The first-order valence-corrected chi connectivity index (χ1v) is 7.16. The van der Waals surface area contributed by atoms with Gasteiger partial charge in [0.1, 0.15) is 0 Å². The van der Waals surface area contributed by atoms with Crippen molar-refractivity contribution in [3.63, 3.8) is 0 Å². The van der Waals surface area contributed by atoms with Crippen LogP contribution in [0.3, 0.4) is 0 Å². The predicted molar refractivity (Wildman–Crippen MR) is 72.2 cm³/mol. The Morgan fingerprint density at radius 1 is 1.68 bits per heavy atom. The third-order valence-electron chi connectivity index (χ3n) is 2.91. The molecular formula is C12H17N3O3S. The van der Waals surface area contributed by atoms with Gasteiger partial charge in [0.15, 0.2) is 5.16 Å². The normalized spacial score (nSPS) is 17.8. The molecule has 1 aliphatic heterocycles. The summed E-state index contributed by atoms with van der Waals surface area (Å²) in [6.45, 7) is 1.64. The molecule has 0 aliphatic carbocycles. The maximum Gasteiger partial charge on any atom is 0.254 e. The van der Waals surface area contributed by atoms with Crippen molar-refractivity contribution in [1.82, 2.24) is 14.9 Å². The number of rotatable bonds is 5. The lowest BCUT2D eigenvalue weighted by molar-refractivity contribution is -0.124. The molecule has 1 atom stereocenters. The number of hydrogen-bond donors (Lipinski definition) is 1. The number of carbonyl (C=O) groups excluding carboxylic acids is 1. The molecule has 1 aromatic heterocycles. The summed E-state index contributed by atoms with van der Waals surface area (Å²) < 4.78 is 6.49. The Labute approximate surface area is 115 Å². The summed E-state index contributed by atoms with van der Waals surface area (Å²) in [4.78, 5) is 27.8. The zero-order chi connectivity index (χ0) is 13.7. The Morgan fingerprint density at radius 3 is 3.32 bits per heavy atom. The van der Waals surface area contributed by atoms with Gasteiger partial charge >= 0.3 is 0 Å². The highest BCUT2D eigenvalue weighted by atomic mass is 32.2. The van der Waals surface area contributed by atoms with E-state index in [1.807, 2.05) is 0 Å². The van der Waals surface area contributed by atoms with Crippen molar-refractivity contribution < 1.29 is 9.53 Å². The van der Waals surface area contributed by atoms with Crippen LogP contribution in [0, 0.1) is 5.92 Å². The Bertz CT molecular complexity index is 503. The SMILES string of the molecule is COCCCNC(=O)C1CSc2nccc(=O)n2C1. The zero-order valence-electron chi connectivity index (χ0n) is 10.8. The van der Waals surface area contributed by atoms with E-state index in [0.29, 0.717) is 30.6 Å². The molecule has 2 rings (SSSR count). The molecule has 1 unspecified atom stereocenters. The Morgan fingerprint density at radius 2 is 2.53 bits per heavy atom. The fraction of sp³-hybridized carbons (Fsp3) is 0.583. The second-order valence-electron chi connectivity index (χ2n) is 4.32. The third kappa shape index (κ3) is 3.57. The maximum absolute atomic E-state index is 12.0. The summed E-state index contributed by atoms with van der Waals surface area (Å²) in [6, 6.07) is 1.42. The standard InChI is InChI=1S/C12H17N3O3S/c1-18-6-2-4-13-11(17)9-7-15-10(16)3-5-14-12(15)19-8-9/h3,5,9H,2,4,6-8H2,1H3,(H,13,17). The molecule has 1 amide bonds. The monoisotopic (exact) mass is 283 g/mol. The molecule has 7 heteroatoms. The van der Waals surface area contributed by atoms with Crippen LogP contribution < -0.4 is 10.9 Å². The van der Waals surface area contributed by atoms with Crippen molar-refractivity contribution in [1.29, 1.82) is 0 Å². The number of nitrogens with one attached hydrogen (secondary N) is 1. The molecule has 1 aliphatic rings. The van der Waals surface area contributed by atoms with E-state index in [-0.39, 0.29) is 17.4 Å². The maximum atomic E-state index is 12.0. The molecule has 2 heterocycles. The Hall–Kier alpha value is -1.34. The molecule has 104 valence electrons. The van der Waals surface area contributed by atoms with Crippen LogP contribution in [0.25, 0.3) is 0 Å². The summed E-state index contributed by atoms with van der Waals surface area (Å²) in [7, 11) is 1.63. The first kappa shape index (κ1) is 14.1. The molecule has 0 saturated carbocycles. The Balaban J connectivity index is 1.92. The smallest absolute Gasteiger partial charge is 0.254 e. The van der Waals surface area contributed by atoms with Gasteiger partial charge in [-0.25, -0.2) is 4.98 Å². The van der Waals surface area contributed by atoms with Crippen molar-refractivity contribution in [2.75, 3.05) is 26.0 Å². The number of aromatic nitrogens is 2. The van der Waals surface area contributed by atoms with Gasteiger partial charge in [-0.15, -0.1) is 0 Å². The molecule has 0 radical (unpaired) electrons. The summed E-state index contributed by atoms with van der Waals surface area (Å²) in [6.07, 6.45) is 2.30. The van der Waals surface area contributed by atoms with Crippen LogP contribution in [0.5, 0.6) is 0 Å². The Kier molecular flexibility index (Phi) is 4.98. The molecule has 0 spiro atoms. The lowest BCUT2D eigenvalue weighted by Crippen LogP contribution is -2.40. The number of carbonyl (C=O) groups is 1. The largest absolute Gasteiger partial charge is 0.385 e. The lowest BCUT2D eigenvalue weighted by atomic mass is 10.1. The van der Waals surface area contributed by atoms with E-state index >= 15 is 0 Å². The van der Waals surface area contributed by atoms with E-state index in [4.69, 9.17) is 4.74 Å². The number of fused-ring (bicyclic) bond motifs is 1. The first-order valence-electron chi connectivity index (χ1n) is 6.17. The molecule has 6 nitrogen and oxygen atoms in total. The van der Waals surface area contributed by atoms with Crippen molar-refractivity contribution >= 4 is 17.7 Å². The van der Waals surface area contributed by atoms with E-state index in [1.54, 1.807) is 11.7 Å². The minimum atomic E-state index is -0.179. The van der Waals surface area contributed by atoms with E-state index in [9.17, 15) is 9.59 Å². The lowest BCUT2D eigenvalue weighted by Gasteiger charge is -2.23. The highest BCUT2D eigenvalue weighted by Crippen LogP contribution is 2.24. The van der Waals surface area contributed by atoms with Crippen LogP contribution in [0.4, 0.5) is 0 Å². The fourth-order valence-corrected chi connectivity index (χ4v) is 2.94. The van der Waals surface area contributed by atoms with E-state index in [2.05, 4.69) is 10.3 Å². The van der Waals surface area contributed by atoms with Crippen LogP contribution in [-0.2, 0) is 16.1 Å². The highest BCUT2D eigenvalue weighted by Gasteiger charge is 2.25. The number of thioether (sulfide) groups is 1. The number of amides is 1. The summed E-state index contributed by atoms with van der Waals surface area (Å²) in [5.74, 6) is 0.471. The van der Waals surface area contributed by atoms with Crippen molar-refractivity contribution in [2.45, 2.75) is 18.1 Å². The second-order valence-corrected chi connectivity index (χ2v) is 5.31. The van der Waals surface area contributed by atoms with E-state index < -0.39 is 0 Å². The van der Waals surface area contributed by atoms with Gasteiger partial charge in [0, 0.05) is 44.8 Å². The van der Waals surface area contributed by atoms with Gasteiger partial charge in [-0.2, -0.15) is 0 Å². The molecule has 19 heavy (non-hydrogen) atoms. The molecule has 0 saturated heterocycles. The minimum Gasteiger partial charge on any atom is -0.385 e. The van der Waals surface area contributed by atoms with Crippen LogP contribution in [0.15, 0.2) is 22.2 Å². The summed E-state index contributed by atoms with van der Waals surface area (Å²) >= 11 is 1.45. The molecule has 1 N–H and O–H groups in total. The number of hydrogen-bond acceptors (Lipinski definition) is 5. The minimum absolute atomic E-state index is 0.00925.